The van der Waals surface area contributed by atoms with Gasteiger partial charge in [0.1, 0.15) is 23.7 Å². The number of halogens is 1. The summed E-state index contributed by atoms with van der Waals surface area (Å²) in [5.74, 6) is 0.739. The van der Waals surface area contributed by atoms with E-state index in [1.54, 1.807) is 6.07 Å². The SMILES string of the molecule is C=C(N[C@@H](C(=O)N[C@@H](CC1CC1)C(=O)NCCCc1ccccc1OCCC)C(C)C)[C@H](C)Cc1cccc(F)c1. The molecule has 1 aliphatic rings. The summed E-state index contributed by atoms with van der Waals surface area (Å²) in [6, 6.07) is 13.5. The van der Waals surface area contributed by atoms with E-state index in [0.29, 0.717) is 31.9 Å². The maximum absolute atomic E-state index is 13.6. The van der Waals surface area contributed by atoms with Crippen molar-refractivity contribution in [2.45, 2.75) is 84.7 Å². The first-order chi connectivity index (χ1) is 19.7. The van der Waals surface area contributed by atoms with Gasteiger partial charge in [0.2, 0.25) is 11.8 Å². The van der Waals surface area contributed by atoms with Crippen LogP contribution in [0.4, 0.5) is 4.39 Å². The Morgan fingerprint density at radius 1 is 1.05 bits per heavy atom. The lowest BCUT2D eigenvalue weighted by molar-refractivity contribution is -0.130. The number of carbonyl (C=O) groups excluding carboxylic acids is 2. The molecule has 2 aromatic carbocycles. The molecule has 41 heavy (non-hydrogen) atoms. The monoisotopic (exact) mass is 565 g/mol. The molecule has 0 saturated heterocycles. The summed E-state index contributed by atoms with van der Waals surface area (Å²) in [6.45, 7) is 13.4. The molecule has 2 aromatic rings. The van der Waals surface area contributed by atoms with E-state index in [-0.39, 0.29) is 29.5 Å². The highest BCUT2D eigenvalue weighted by molar-refractivity contribution is 5.90. The van der Waals surface area contributed by atoms with Gasteiger partial charge in [-0.05, 0) is 79.2 Å². The second-order valence-electron chi connectivity index (χ2n) is 11.7. The van der Waals surface area contributed by atoms with E-state index in [1.165, 1.54) is 12.1 Å². The Morgan fingerprint density at radius 2 is 1.80 bits per heavy atom. The first kappa shape index (κ1) is 32.2. The lowest BCUT2D eigenvalue weighted by Gasteiger charge is -2.28. The fourth-order valence-electron chi connectivity index (χ4n) is 4.87. The van der Waals surface area contributed by atoms with Crippen LogP contribution < -0.4 is 20.7 Å². The van der Waals surface area contributed by atoms with Crippen molar-refractivity contribution in [1.82, 2.24) is 16.0 Å². The van der Waals surface area contributed by atoms with Crippen LogP contribution in [0.25, 0.3) is 0 Å². The number of aryl methyl sites for hydroxylation is 1. The quantitative estimate of drug-likeness (QED) is 0.195. The van der Waals surface area contributed by atoms with Crippen LogP contribution in [0, 0.1) is 23.6 Å². The minimum Gasteiger partial charge on any atom is -0.493 e. The molecular weight excluding hydrogens is 517 g/mol. The van der Waals surface area contributed by atoms with Gasteiger partial charge in [-0.2, -0.15) is 0 Å². The molecule has 0 spiro atoms. The Labute approximate surface area is 245 Å². The number of ether oxygens (including phenoxy) is 1. The standard InChI is InChI=1S/C34H48FN3O3/c1-6-19-41-31-15-8-7-12-28(31)13-10-18-36-33(39)30(22-26-16-17-26)38-34(40)32(23(2)3)37-25(5)24(4)20-27-11-9-14-29(35)21-27/h7-9,11-12,14-15,21,23-24,26,30,32,37H,5-6,10,13,16-20,22H2,1-4H3,(H,36,39)(H,38,40)/t24-,30+,32-/m1/s1. The number of carbonyl (C=O) groups is 2. The van der Waals surface area contributed by atoms with Crippen molar-refractivity contribution in [2.24, 2.45) is 17.8 Å². The predicted octanol–water partition coefficient (Wildman–Crippen LogP) is 5.95. The Balaban J connectivity index is 1.53. The van der Waals surface area contributed by atoms with Crippen molar-refractivity contribution >= 4 is 11.8 Å². The molecule has 0 aliphatic heterocycles. The number of hydrogen-bond acceptors (Lipinski definition) is 4. The van der Waals surface area contributed by atoms with Crippen molar-refractivity contribution in [3.05, 3.63) is 77.8 Å². The van der Waals surface area contributed by atoms with Crippen LogP contribution in [-0.4, -0.2) is 37.0 Å². The summed E-state index contributed by atoms with van der Waals surface area (Å²) in [4.78, 5) is 26.6. The fraction of sp³-hybridized carbons (Fsp3) is 0.529. The van der Waals surface area contributed by atoms with E-state index < -0.39 is 12.1 Å². The molecule has 3 rings (SSSR count). The van der Waals surface area contributed by atoms with Gasteiger partial charge in [-0.15, -0.1) is 0 Å². The summed E-state index contributed by atoms with van der Waals surface area (Å²) in [5.41, 5.74) is 2.73. The van der Waals surface area contributed by atoms with Crippen LogP contribution in [0.15, 0.2) is 60.8 Å². The molecule has 0 unspecified atom stereocenters. The second kappa shape index (κ2) is 16.2. The van der Waals surface area contributed by atoms with Crippen LogP contribution in [0.5, 0.6) is 5.75 Å². The molecular formula is C34H48FN3O3. The molecule has 0 heterocycles. The van der Waals surface area contributed by atoms with E-state index in [0.717, 1.165) is 54.7 Å². The van der Waals surface area contributed by atoms with Gasteiger partial charge in [0.15, 0.2) is 0 Å². The van der Waals surface area contributed by atoms with Crippen LogP contribution in [0.3, 0.4) is 0 Å². The first-order valence-corrected chi connectivity index (χ1v) is 15.2. The van der Waals surface area contributed by atoms with Crippen LogP contribution in [-0.2, 0) is 22.4 Å². The van der Waals surface area contributed by atoms with E-state index in [9.17, 15) is 14.0 Å². The van der Waals surface area contributed by atoms with E-state index in [2.05, 4.69) is 35.5 Å². The molecule has 0 bridgehead atoms. The number of amides is 2. The zero-order valence-electron chi connectivity index (χ0n) is 25.2. The Hall–Kier alpha value is -3.35. The molecule has 1 saturated carbocycles. The third-order valence-corrected chi connectivity index (χ3v) is 7.57. The van der Waals surface area contributed by atoms with E-state index in [1.807, 2.05) is 45.0 Å². The Bertz CT molecular complexity index is 1150. The van der Waals surface area contributed by atoms with Crippen LogP contribution in [0.1, 0.15) is 70.9 Å². The zero-order chi connectivity index (χ0) is 29.8. The molecule has 3 N–H and O–H groups in total. The maximum atomic E-state index is 13.6. The van der Waals surface area contributed by atoms with Gasteiger partial charge in [-0.3, -0.25) is 9.59 Å². The van der Waals surface area contributed by atoms with E-state index in [4.69, 9.17) is 4.74 Å². The highest BCUT2D eigenvalue weighted by Crippen LogP contribution is 2.33. The van der Waals surface area contributed by atoms with Crippen molar-refractivity contribution < 1.29 is 18.7 Å². The molecule has 3 atom stereocenters. The van der Waals surface area contributed by atoms with Crippen LogP contribution in [0.2, 0.25) is 0 Å². The normalized spacial score (nSPS) is 15.1. The molecule has 7 heteroatoms. The predicted molar refractivity (Wildman–Crippen MR) is 163 cm³/mol. The molecule has 0 aromatic heterocycles. The van der Waals surface area contributed by atoms with Crippen molar-refractivity contribution in [3.8, 4) is 5.75 Å². The third kappa shape index (κ3) is 10.9. The van der Waals surface area contributed by atoms with Gasteiger partial charge in [-0.1, -0.05) is 77.4 Å². The highest BCUT2D eigenvalue weighted by Gasteiger charge is 2.33. The number of allylic oxidation sites excluding steroid dienone is 1. The Morgan fingerprint density at radius 3 is 2.49 bits per heavy atom. The maximum Gasteiger partial charge on any atom is 0.243 e. The van der Waals surface area contributed by atoms with Gasteiger partial charge in [0.25, 0.3) is 0 Å². The smallest absolute Gasteiger partial charge is 0.243 e. The fourth-order valence-corrected chi connectivity index (χ4v) is 4.87. The number of hydrogen-bond donors (Lipinski definition) is 3. The van der Waals surface area contributed by atoms with Gasteiger partial charge < -0.3 is 20.7 Å². The number of benzene rings is 2. The van der Waals surface area contributed by atoms with E-state index >= 15 is 0 Å². The summed E-state index contributed by atoms with van der Waals surface area (Å²) < 4.78 is 19.5. The van der Waals surface area contributed by atoms with Gasteiger partial charge in [0.05, 0.1) is 6.61 Å². The van der Waals surface area contributed by atoms with Crippen molar-refractivity contribution in [2.75, 3.05) is 13.2 Å². The average molecular weight is 566 g/mol. The largest absolute Gasteiger partial charge is 0.493 e. The highest BCUT2D eigenvalue weighted by atomic mass is 19.1. The van der Waals surface area contributed by atoms with Gasteiger partial charge in [-0.25, -0.2) is 4.39 Å². The lowest BCUT2D eigenvalue weighted by atomic mass is 9.96. The number of nitrogens with one attached hydrogen (secondary N) is 3. The number of rotatable bonds is 18. The molecule has 0 radical (unpaired) electrons. The average Bonchev–Trinajstić information content (AvgIpc) is 3.76. The molecule has 1 aliphatic carbocycles. The summed E-state index contributed by atoms with van der Waals surface area (Å²) in [6.07, 6.45) is 5.97. The van der Waals surface area contributed by atoms with Gasteiger partial charge >= 0.3 is 0 Å². The zero-order valence-corrected chi connectivity index (χ0v) is 25.2. The first-order valence-electron chi connectivity index (χ1n) is 15.2. The van der Waals surface area contributed by atoms with Crippen LogP contribution >= 0.6 is 0 Å². The van der Waals surface area contributed by atoms with Gasteiger partial charge in [0, 0.05) is 12.2 Å². The molecule has 2 amide bonds. The molecule has 224 valence electrons. The lowest BCUT2D eigenvalue weighted by Crippen LogP contribution is -2.54. The molecule has 1 fully saturated rings. The van der Waals surface area contributed by atoms with Crippen molar-refractivity contribution in [1.29, 1.82) is 0 Å². The summed E-state index contributed by atoms with van der Waals surface area (Å²) in [7, 11) is 0. The minimum absolute atomic E-state index is 0.00564. The summed E-state index contributed by atoms with van der Waals surface area (Å²) >= 11 is 0. The van der Waals surface area contributed by atoms with Crippen molar-refractivity contribution in [3.63, 3.8) is 0 Å². The summed E-state index contributed by atoms with van der Waals surface area (Å²) in [5, 5.41) is 9.40. The Kier molecular flexibility index (Phi) is 12.7. The topological polar surface area (TPSA) is 79.5 Å². The second-order valence-corrected chi connectivity index (χ2v) is 11.7. The minimum atomic E-state index is -0.573. The third-order valence-electron chi connectivity index (χ3n) is 7.57. The molecule has 6 nitrogen and oxygen atoms in total. The number of para-hydroxylation sites is 1.